The first-order chi connectivity index (χ1) is 23.2. The van der Waals surface area contributed by atoms with E-state index in [9.17, 15) is 45.6 Å². The Morgan fingerprint density at radius 1 is 0.902 bits per heavy atom. The third-order valence-corrected chi connectivity index (χ3v) is 14.0. The molecule has 3 saturated carbocycles. The molecule has 4 N–H and O–H groups in total. The predicted octanol–water partition coefficient (Wildman–Crippen LogP) is 3.77. The molecule has 4 aliphatic rings. The maximum atomic E-state index is 14.4. The highest BCUT2D eigenvalue weighted by molar-refractivity contribution is 7.92. The molecule has 12 nitrogen and oxygen atoms in total. The minimum absolute atomic E-state index is 0.123. The molecule has 0 bridgehead atoms. The van der Waals surface area contributed by atoms with Gasteiger partial charge >= 0.3 is 12.2 Å². The van der Waals surface area contributed by atoms with Crippen LogP contribution in [-0.4, -0.2) is 95.8 Å². The number of carbonyl (C=O) groups is 5. The Kier molecular flexibility index (Phi) is 11.3. The lowest BCUT2D eigenvalue weighted by Crippen LogP contribution is -2.64. The van der Waals surface area contributed by atoms with E-state index in [0.717, 1.165) is 19.3 Å². The number of hydrogen-bond acceptors (Lipinski definition) is 7. The molecule has 0 aromatic carbocycles. The van der Waals surface area contributed by atoms with Crippen molar-refractivity contribution in [1.82, 2.24) is 26.2 Å². The summed E-state index contributed by atoms with van der Waals surface area (Å²) in [5, 5.41) is 10.6. The maximum Gasteiger partial charge on any atom is 0.389 e. The van der Waals surface area contributed by atoms with E-state index in [1.54, 1.807) is 41.5 Å². The summed E-state index contributed by atoms with van der Waals surface area (Å²) in [5.41, 5.74) is -2.31. The lowest BCUT2D eigenvalue weighted by atomic mass is 9.83. The van der Waals surface area contributed by atoms with Gasteiger partial charge in [0.25, 0.3) is 5.91 Å². The zero-order valence-electron chi connectivity index (χ0n) is 31.1. The standard InChI is InChI=1S/C35H56F3N5O7S/c1-31(2,3)26(41-30(48)42-34(15-10-9-11-16-34)19-51(49,50)32(4,5)6)29(47)43-18-21-23(33(21,7)8)24(43)27(45)40-22(14-17-35(36,37)38)25(44)28(46)39-20-12-13-20/h20-24,26H,9-19H2,1-8H3,(H,39,46)(H,40,45)(H2,41,42,48)/t21-,22?,23-,24-,26+/m0/s1. The fraction of sp³-hybridized carbons (Fsp3) is 0.857. The zero-order chi connectivity index (χ0) is 38.5. The quantitative estimate of drug-likeness (QED) is 0.220. The van der Waals surface area contributed by atoms with Crippen LogP contribution in [0.5, 0.6) is 0 Å². The SMILES string of the molecule is CC(C)(C)[C@H](NC(=O)NC1(CS(=O)(=O)C(C)(C)C)CCCCC1)C(=O)N1C[C@H]2[C@@H]([C@H]1C(=O)NC(CCC(F)(F)F)C(=O)C(=O)NC1CC1)C2(C)C. The summed E-state index contributed by atoms with van der Waals surface area (Å²) in [7, 11) is -3.63. The first kappa shape index (κ1) is 40.9. The van der Waals surface area contributed by atoms with Crippen LogP contribution in [-0.2, 0) is 29.0 Å². The first-order valence-electron chi connectivity index (χ1n) is 18.0. The van der Waals surface area contributed by atoms with E-state index in [-0.39, 0.29) is 35.6 Å². The predicted molar refractivity (Wildman–Crippen MR) is 184 cm³/mol. The van der Waals surface area contributed by atoms with Gasteiger partial charge in [0.1, 0.15) is 12.1 Å². The summed E-state index contributed by atoms with van der Waals surface area (Å²) in [4.78, 5) is 69.0. The molecule has 1 unspecified atom stereocenters. The van der Waals surface area contributed by atoms with Gasteiger partial charge in [-0.05, 0) is 75.5 Å². The number of carbonyl (C=O) groups excluding carboxylic acids is 5. The summed E-state index contributed by atoms with van der Waals surface area (Å²) in [6, 6.07) is -5.05. The van der Waals surface area contributed by atoms with Crippen molar-refractivity contribution >= 4 is 39.4 Å². The number of fused-ring (bicyclic) bond motifs is 1. The summed E-state index contributed by atoms with van der Waals surface area (Å²) in [5.74, 6) is -4.44. The molecular weight excluding hydrogens is 691 g/mol. The number of halogens is 3. The second-order valence-electron chi connectivity index (χ2n) is 17.8. The van der Waals surface area contributed by atoms with Crippen molar-refractivity contribution in [1.29, 1.82) is 0 Å². The number of urea groups is 1. The molecule has 4 fully saturated rings. The van der Waals surface area contributed by atoms with Gasteiger partial charge in [0, 0.05) is 19.0 Å². The van der Waals surface area contributed by atoms with Gasteiger partial charge in [0.2, 0.25) is 17.6 Å². The van der Waals surface area contributed by atoms with Gasteiger partial charge in [-0.2, -0.15) is 13.2 Å². The van der Waals surface area contributed by atoms with Crippen molar-refractivity contribution in [2.75, 3.05) is 12.3 Å². The second kappa shape index (κ2) is 14.1. The molecule has 0 radical (unpaired) electrons. The van der Waals surface area contributed by atoms with Gasteiger partial charge in [0.05, 0.1) is 22.1 Å². The smallest absolute Gasteiger partial charge is 0.347 e. The number of nitrogens with one attached hydrogen (secondary N) is 4. The highest BCUT2D eigenvalue weighted by Gasteiger charge is 2.70. The second-order valence-corrected chi connectivity index (χ2v) is 20.6. The molecule has 51 heavy (non-hydrogen) atoms. The Labute approximate surface area is 299 Å². The molecule has 1 heterocycles. The van der Waals surface area contributed by atoms with Crippen molar-refractivity contribution in [3.8, 4) is 0 Å². The molecular formula is C35H56F3N5O7S. The molecule has 0 aromatic rings. The van der Waals surface area contributed by atoms with E-state index < -0.39 is 92.2 Å². The van der Waals surface area contributed by atoms with Crippen LogP contribution < -0.4 is 21.3 Å². The molecule has 4 rings (SSSR count). The van der Waals surface area contributed by atoms with Crippen molar-refractivity contribution in [2.45, 2.75) is 154 Å². The number of piperidine rings is 1. The Morgan fingerprint density at radius 3 is 2.00 bits per heavy atom. The van der Waals surface area contributed by atoms with Crippen LogP contribution in [0.4, 0.5) is 18.0 Å². The number of alkyl halides is 3. The third-order valence-electron chi connectivity index (χ3n) is 11.2. The Hall–Kier alpha value is -2.91. The fourth-order valence-corrected chi connectivity index (χ4v) is 9.15. The third kappa shape index (κ3) is 9.56. The van der Waals surface area contributed by atoms with Crippen LogP contribution in [0.3, 0.4) is 0 Å². The van der Waals surface area contributed by atoms with Gasteiger partial charge in [-0.25, -0.2) is 13.2 Å². The first-order valence-corrected chi connectivity index (χ1v) is 19.7. The van der Waals surface area contributed by atoms with Crippen molar-refractivity contribution in [3.63, 3.8) is 0 Å². The van der Waals surface area contributed by atoms with Crippen LogP contribution in [0.25, 0.3) is 0 Å². The minimum Gasteiger partial charge on any atom is -0.347 e. The molecule has 16 heteroatoms. The van der Waals surface area contributed by atoms with E-state index in [0.29, 0.717) is 25.7 Å². The van der Waals surface area contributed by atoms with E-state index in [1.165, 1.54) is 4.90 Å². The number of rotatable bonds is 12. The Morgan fingerprint density at radius 2 is 1.49 bits per heavy atom. The lowest BCUT2D eigenvalue weighted by molar-refractivity contribution is -0.148. The van der Waals surface area contributed by atoms with Crippen LogP contribution in [0.15, 0.2) is 0 Å². The van der Waals surface area contributed by atoms with Gasteiger partial charge in [-0.1, -0.05) is 53.9 Å². The average Bonchev–Trinajstić information content (AvgIpc) is 3.83. The van der Waals surface area contributed by atoms with Gasteiger partial charge in [-0.3, -0.25) is 19.2 Å². The van der Waals surface area contributed by atoms with Crippen LogP contribution >= 0.6 is 0 Å². The molecule has 5 atom stereocenters. The fourth-order valence-electron chi connectivity index (χ4n) is 7.63. The van der Waals surface area contributed by atoms with Crippen LogP contribution in [0.2, 0.25) is 0 Å². The van der Waals surface area contributed by atoms with E-state index in [4.69, 9.17) is 0 Å². The Balaban J connectivity index is 1.56. The molecule has 290 valence electrons. The van der Waals surface area contributed by atoms with E-state index in [1.807, 2.05) is 13.8 Å². The molecule has 0 aromatic heterocycles. The summed E-state index contributed by atoms with van der Waals surface area (Å²) in [6.45, 7) is 14.0. The zero-order valence-corrected chi connectivity index (χ0v) is 31.9. The number of amides is 5. The van der Waals surface area contributed by atoms with Crippen LogP contribution in [0.1, 0.15) is 113 Å². The molecule has 1 saturated heterocycles. The van der Waals surface area contributed by atoms with Gasteiger partial charge in [0.15, 0.2) is 9.84 Å². The number of sulfone groups is 1. The molecule has 0 spiro atoms. The Bertz CT molecular complexity index is 1490. The normalized spacial score (nSPS) is 25.5. The topological polar surface area (TPSA) is 171 Å². The van der Waals surface area contributed by atoms with Gasteiger partial charge < -0.3 is 26.2 Å². The van der Waals surface area contributed by atoms with Gasteiger partial charge in [-0.15, -0.1) is 0 Å². The number of ketones is 1. The molecule has 5 amide bonds. The van der Waals surface area contributed by atoms with Crippen molar-refractivity contribution in [3.05, 3.63) is 0 Å². The lowest BCUT2D eigenvalue weighted by Gasteiger charge is -2.41. The van der Waals surface area contributed by atoms with E-state index >= 15 is 0 Å². The molecule has 3 aliphatic carbocycles. The number of nitrogens with zero attached hydrogens (tertiary/aromatic N) is 1. The monoisotopic (exact) mass is 747 g/mol. The molecule has 1 aliphatic heterocycles. The average molecular weight is 748 g/mol. The van der Waals surface area contributed by atoms with Crippen molar-refractivity contribution < 1.29 is 45.6 Å². The number of likely N-dealkylation sites (tertiary alicyclic amines) is 1. The maximum absolute atomic E-state index is 14.4. The highest BCUT2D eigenvalue weighted by atomic mass is 32.2. The highest BCUT2D eigenvalue weighted by Crippen LogP contribution is 2.65. The minimum atomic E-state index is -4.64. The summed E-state index contributed by atoms with van der Waals surface area (Å²) < 4.78 is 65.2. The summed E-state index contributed by atoms with van der Waals surface area (Å²) >= 11 is 0. The van der Waals surface area contributed by atoms with Crippen LogP contribution in [0, 0.1) is 22.7 Å². The summed E-state index contributed by atoms with van der Waals surface area (Å²) in [6.07, 6.45) is -2.37. The van der Waals surface area contributed by atoms with E-state index in [2.05, 4.69) is 21.3 Å². The number of hydrogen-bond donors (Lipinski definition) is 4. The van der Waals surface area contributed by atoms with Crippen molar-refractivity contribution in [2.24, 2.45) is 22.7 Å². The largest absolute Gasteiger partial charge is 0.389 e. The number of Topliss-reactive ketones (excluding diaryl/α,β-unsaturated/α-hetero) is 1.